The normalized spacial score (nSPS) is 12.6. The molecule has 0 unspecified atom stereocenters. The number of carboxylic acids is 1. The maximum atomic E-state index is 13.3. The minimum atomic E-state index is -4.64. The molecule has 0 aliphatic carbocycles. The number of para-hydroxylation sites is 1. The predicted octanol–water partition coefficient (Wildman–Crippen LogP) is 4.75. The van der Waals surface area contributed by atoms with E-state index in [-0.39, 0.29) is 17.7 Å². The van der Waals surface area contributed by atoms with Crippen LogP contribution in [0.25, 0.3) is 17.0 Å². The average Bonchev–Trinajstić information content (AvgIpc) is 3.29. The molecule has 3 aromatic carbocycles. The number of amides is 2. The number of carbonyl (C=O) groups is 3. The number of benzene rings is 3. The highest BCUT2D eigenvalue weighted by Crippen LogP contribution is 2.30. The van der Waals surface area contributed by atoms with Crippen molar-refractivity contribution in [2.45, 2.75) is 18.8 Å². The van der Waals surface area contributed by atoms with Crippen molar-refractivity contribution in [1.82, 2.24) is 15.2 Å². The van der Waals surface area contributed by atoms with Crippen LogP contribution in [0.15, 0.2) is 90.8 Å². The Hall–Kier alpha value is -4.90. The van der Waals surface area contributed by atoms with Gasteiger partial charge in [0, 0.05) is 24.1 Å². The molecule has 212 valence electrons. The summed E-state index contributed by atoms with van der Waals surface area (Å²) in [5.74, 6) is -3.13. The van der Waals surface area contributed by atoms with Gasteiger partial charge in [0.15, 0.2) is 6.04 Å². The second-order valence-corrected chi connectivity index (χ2v) is 9.17. The van der Waals surface area contributed by atoms with Gasteiger partial charge in [-0.3, -0.25) is 9.59 Å². The molecule has 0 aliphatic rings. The fourth-order valence-electron chi connectivity index (χ4n) is 4.12. The summed E-state index contributed by atoms with van der Waals surface area (Å²) in [4.78, 5) is 38.4. The number of halogens is 3. The summed E-state index contributed by atoms with van der Waals surface area (Å²) < 4.78 is 47.1. The highest BCUT2D eigenvalue weighted by atomic mass is 19.4. The maximum absolute atomic E-state index is 13.3. The first kappa shape index (κ1) is 29.1. The van der Waals surface area contributed by atoms with E-state index in [9.17, 15) is 32.7 Å². The van der Waals surface area contributed by atoms with Gasteiger partial charge in [0.25, 0.3) is 11.8 Å². The molecule has 8 nitrogen and oxygen atoms in total. The van der Waals surface area contributed by atoms with Gasteiger partial charge in [-0.15, -0.1) is 0 Å². The summed E-state index contributed by atoms with van der Waals surface area (Å²) in [6.45, 7) is -0.310. The van der Waals surface area contributed by atoms with Crippen molar-refractivity contribution in [3.05, 3.63) is 113 Å². The largest absolute Gasteiger partial charge is 0.480 e. The highest BCUT2D eigenvalue weighted by Gasteiger charge is 2.30. The number of rotatable bonds is 10. The van der Waals surface area contributed by atoms with Crippen LogP contribution < -0.4 is 10.6 Å². The van der Waals surface area contributed by atoms with Crippen LogP contribution in [0.5, 0.6) is 0 Å². The van der Waals surface area contributed by atoms with Crippen molar-refractivity contribution in [1.29, 1.82) is 0 Å². The number of aliphatic carboxylic acids is 1. The lowest BCUT2D eigenvalue weighted by atomic mass is 10.1. The Bertz CT molecular complexity index is 1600. The molecule has 4 aromatic rings. The summed E-state index contributed by atoms with van der Waals surface area (Å²) in [6, 6.07) is 18.7. The molecule has 1 aromatic heterocycles. The van der Waals surface area contributed by atoms with Gasteiger partial charge >= 0.3 is 12.1 Å². The van der Waals surface area contributed by atoms with Gasteiger partial charge in [0.2, 0.25) is 0 Å². The molecular weight excluding hydrogens is 539 g/mol. The number of hydrogen-bond donors (Lipinski definition) is 3. The summed E-state index contributed by atoms with van der Waals surface area (Å²) in [6.07, 6.45) is -2.03. The smallest absolute Gasteiger partial charge is 0.416 e. The van der Waals surface area contributed by atoms with Gasteiger partial charge < -0.3 is 25.0 Å². The molecule has 4 rings (SSSR count). The number of aromatic nitrogens is 1. The SMILES string of the molecule is Cn1cc(C(=O)N/C(=C\c2cccc(C(F)(F)F)c2)C(=O)N[C@H](COCc2ccccc2)C(=O)O)c2ccccc21. The summed E-state index contributed by atoms with van der Waals surface area (Å²) >= 11 is 0. The first-order valence-electron chi connectivity index (χ1n) is 12.4. The minimum absolute atomic E-state index is 0.0320. The van der Waals surface area contributed by atoms with E-state index in [1.807, 2.05) is 6.07 Å². The zero-order chi connectivity index (χ0) is 29.6. The van der Waals surface area contributed by atoms with Crippen molar-refractivity contribution in [3.63, 3.8) is 0 Å². The molecule has 0 fully saturated rings. The molecule has 0 aliphatic heterocycles. The Morgan fingerprint density at radius 3 is 2.41 bits per heavy atom. The molecule has 11 heteroatoms. The predicted molar refractivity (Wildman–Crippen MR) is 145 cm³/mol. The second kappa shape index (κ2) is 12.5. The molecule has 41 heavy (non-hydrogen) atoms. The van der Waals surface area contributed by atoms with Gasteiger partial charge in [-0.1, -0.05) is 60.7 Å². The number of carbonyl (C=O) groups excluding carboxylic acids is 2. The van der Waals surface area contributed by atoms with Gasteiger partial charge in [0.05, 0.1) is 24.3 Å². The fourth-order valence-corrected chi connectivity index (χ4v) is 4.12. The van der Waals surface area contributed by atoms with Crippen molar-refractivity contribution in [2.24, 2.45) is 7.05 Å². The van der Waals surface area contributed by atoms with Gasteiger partial charge in [-0.25, -0.2) is 4.79 Å². The van der Waals surface area contributed by atoms with E-state index in [4.69, 9.17) is 4.74 Å². The molecular formula is C30H26F3N3O5. The van der Waals surface area contributed by atoms with E-state index >= 15 is 0 Å². The second-order valence-electron chi connectivity index (χ2n) is 9.17. The van der Waals surface area contributed by atoms with Crippen molar-refractivity contribution in [3.8, 4) is 0 Å². The van der Waals surface area contributed by atoms with Crippen LogP contribution in [-0.4, -0.2) is 40.1 Å². The van der Waals surface area contributed by atoms with Crippen LogP contribution in [0.4, 0.5) is 13.2 Å². The lowest BCUT2D eigenvalue weighted by Gasteiger charge is -2.17. The standard InChI is InChI=1S/C30H26F3N3O5/c1-36-16-23(22-12-5-6-13-26(22)36)27(37)34-24(15-20-10-7-11-21(14-20)30(31,32)33)28(38)35-25(29(39)40)18-41-17-19-8-3-2-4-9-19/h2-16,25H,17-18H2,1H3,(H,34,37)(H,35,38)(H,39,40)/b24-15-/t25-/m1/s1. The monoisotopic (exact) mass is 565 g/mol. The van der Waals surface area contributed by atoms with E-state index in [2.05, 4.69) is 10.6 Å². The van der Waals surface area contributed by atoms with E-state index in [0.29, 0.717) is 5.39 Å². The lowest BCUT2D eigenvalue weighted by molar-refractivity contribution is -0.143. The molecule has 2 amide bonds. The van der Waals surface area contributed by atoms with Gasteiger partial charge in [-0.2, -0.15) is 13.2 Å². The first-order chi connectivity index (χ1) is 19.5. The summed E-state index contributed by atoms with van der Waals surface area (Å²) in [7, 11) is 1.73. The Labute approximate surface area is 233 Å². The van der Waals surface area contributed by atoms with Crippen LogP contribution in [0, 0.1) is 0 Å². The van der Waals surface area contributed by atoms with Crippen molar-refractivity contribution < 1.29 is 37.4 Å². The van der Waals surface area contributed by atoms with Crippen LogP contribution in [0.3, 0.4) is 0 Å². The Morgan fingerprint density at radius 2 is 1.71 bits per heavy atom. The van der Waals surface area contributed by atoms with Crippen LogP contribution >= 0.6 is 0 Å². The zero-order valence-corrected chi connectivity index (χ0v) is 21.8. The van der Waals surface area contributed by atoms with E-state index in [1.165, 1.54) is 6.07 Å². The third-order valence-corrected chi connectivity index (χ3v) is 6.16. The first-order valence-corrected chi connectivity index (χ1v) is 12.4. The molecule has 0 saturated heterocycles. The third kappa shape index (κ3) is 7.40. The lowest BCUT2D eigenvalue weighted by Crippen LogP contribution is -2.46. The zero-order valence-electron chi connectivity index (χ0n) is 21.8. The van der Waals surface area contributed by atoms with E-state index in [0.717, 1.165) is 35.4 Å². The topological polar surface area (TPSA) is 110 Å². The summed E-state index contributed by atoms with van der Waals surface area (Å²) in [5, 5.41) is 15.0. The van der Waals surface area contributed by atoms with Gasteiger partial charge in [0.1, 0.15) is 5.70 Å². The maximum Gasteiger partial charge on any atom is 0.416 e. The Balaban J connectivity index is 1.61. The van der Waals surface area contributed by atoms with Crippen molar-refractivity contribution in [2.75, 3.05) is 6.61 Å². The van der Waals surface area contributed by atoms with E-state index in [1.54, 1.807) is 66.3 Å². The number of alkyl halides is 3. The third-order valence-electron chi connectivity index (χ3n) is 6.16. The number of nitrogens with one attached hydrogen (secondary N) is 2. The Kier molecular flexibility index (Phi) is 8.88. The number of fused-ring (bicyclic) bond motifs is 1. The average molecular weight is 566 g/mol. The highest BCUT2D eigenvalue weighted by molar-refractivity contribution is 6.11. The minimum Gasteiger partial charge on any atom is -0.480 e. The number of aryl methyl sites for hydroxylation is 1. The quantitative estimate of drug-likeness (QED) is 0.241. The summed E-state index contributed by atoms with van der Waals surface area (Å²) in [5.41, 5.74) is 0.311. The molecule has 0 bridgehead atoms. The molecule has 0 saturated carbocycles. The van der Waals surface area contributed by atoms with Crippen LogP contribution in [-0.2, 0) is 34.2 Å². The Morgan fingerprint density at radius 1 is 1.00 bits per heavy atom. The molecule has 1 atom stereocenters. The van der Waals surface area contributed by atoms with E-state index < -0.39 is 47.9 Å². The number of ether oxygens (including phenoxy) is 1. The molecule has 3 N–H and O–H groups in total. The van der Waals surface area contributed by atoms with Crippen molar-refractivity contribution >= 4 is 34.8 Å². The fraction of sp³-hybridized carbons (Fsp3) is 0.167. The number of nitrogens with zero attached hydrogens (tertiary/aromatic N) is 1. The number of hydrogen-bond acceptors (Lipinski definition) is 4. The molecule has 0 spiro atoms. The van der Waals surface area contributed by atoms with Gasteiger partial charge in [-0.05, 0) is 35.4 Å². The van der Waals surface area contributed by atoms with Crippen LogP contribution in [0.1, 0.15) is 27.0 Å². The molecule has 0 radical (unpaired) electrons. The van der Waals surface area contributed by atoms with Crippen LogP contribution in [0.2, 0.25) is 0 Å². The number of carboxylic acid groups (broad SMARTS) is 1. The molecule has 1 heterocycles.